The van der Waals surface area contributed by atoms with Gasteiger partial charge in [0.15, 0.2) is 11.6 Å². The van der Waals surface area contributed by atoms with Crippen LogP contribution in [0.1, 0.15) is 13.3 Å². The summed E-state index contributed by atoms with van der Waals surface area (Å²) < 4.78 is 11.1. The second-order valence-electron chi connectivity index (χ2n) is 7.84. The quantitative estimate of drug-likeness (QED) is 0.513. The molecule has 0 aromatic carbocycles. The van der Waals surface area contributed by atoms with Crippen molar-refractivity contribution in [2.45, 2.75) is 36.6 Å². The number of hydrogen-bond acceptors (Lipinski definition) is 8. The molecule has 4 rings (SSSR count). The van der Waals surface area contributed by atoms with E-state index < -0.39 is 29.1 Å². The Balaban J connectivity index is 1.90. The highest BCUT2D eigenvalue weighted by atomic mass is 16.5. The van der Waals surface area contributed by atoms with E-state index in [2.05, 4.69) is 5.32 Å². The molecule has 4 aliphatic rings. The molecule has 9 nitrogen and oxygen atoms in total. The Labute approximate surface area is 151 Å². The minimum Gasteiger partial charge on any atom is -0.449 e. The minimum absolute atomic E-state index is 0.0131. The van der Waals surface area contributed by atoms with Crippen LogP contribution in [0.3, 0.4) is 0 Å². The fraction of sp³-hybridized carbons (Fsp3) is 0.706. The van der Waals surface area contributed by atoms with Crippen LogP contribution in [0.4, 0.5) is 4.79 Å². The van der Waals surface area contributed by atoms with Crippen molar-refractivity contribution in [2.24, 2.45) is 23.3 Å². The highest BCUT2D eigenvalue weighted by Gasteiger charge is 2.76. The Morgan fingerprint density at radius 2 is 2.12 bits per heavy atom. The number of Topliss-reactive ketones (excluding diaryl/α,β-unsaturated/α-hetero) is 2. The molecule has 2 bridgehead atoms. The van der Waals surface area contributed by atoms with E-state index in [0.29, 0.717) is 18.5 Å². The zero-order valence-corrected chi connectivity index (χ0v) is 15.1. The van der Waals surface area contributed by atoms with Gasteiger partial charge in [-0.05, 0) is 14.0 Å². The molecule has 2 saturated heterocycles. The van der Waals surface area contributed by atoms with E-state index in [-0.39, 0.29) is 36.0 Å². The maximum Gasteiger partial charge on any atom is 0.404 e. The van der Waals surface area contributed by atoms with Gasteiger partial charge in [-0.25, -0.2) is 4.79 Å². The van der Waals surface area contributed by atoms with E-state index in [1.807, 2.05) is 11.9 Å². The SMILES string of the molecule is CO[C@]12C[C@]3(C(=O)C(C)=C(N)C(=O)[C@@H]3[C@H]1COC(N)=O)N(C)C[C@@H]1N[C@@H]12. The van der Waals surface area contributed by atoms with Gasteiger partial charge in [-0.2, -0.15) is 0 Å². The molecular weight excluding hydrogens is 340 g/mol. The predicted molar refractivity (Wildman–Crippen MR) is 89.8 cm³/mol. The smallest absolute Gasteiger partial charge is 0.404 e. The number of rotatable bonds is 3. The molecule has 1 amide bonds. The molecule has 0 aromatic rings. The maximum absolute atomic E-state index is 13.4. The first-order valence-corrected chi connectivity index (χ1v) is 8.70. The third-order valence-electron chi connectivity index (χ3n) is 6.93. The fourth-order valence-electron chi connectivity index (χ4n) is 5.62. The summed E-state index contributed by atoms with van der Waals surface area (Å²) in [5, 5.41) is 3.39. The lowest BCUT2D eigenvalue weighted by Gasteiger charge is -2.45. The molecule has 3 fully saturated rings. The van der Waals surface area contributed by atoms with Crippen LogP contribution in [0.15, 0.2) is 11.3 Å². The van der Waals surface area contributed by atoms with Crippen LogP contribution >= 0.6 is 0 Å². The lowest BCUT2D eigenvalue weighted by atomic mass is 9.68. The first kappa shape index (κ1) is 17.4. The summed E-state index contributed by atoms with van der Waals surface area (Å²) in [7, 11) is 3.43. The van der Waals surface area contributed by atoms with Crippen LogP contribution in [0.25, 0.3) is 0 Å². The number of amides is 1. The van der Waals surface area contributed by atoms with Gasteiger partial charge in [-0.3, -0.25) is 14.5 Å². The number of primary amides is 1. The molecule has 2 heterocycles. The second kappa shape index (κ2) is 5.28. The second-order valence-corrected chi connectivity index (χ2v) is 7.84. The topological polar surface area (TPSA) is 147 Å². The Morgan fingerprint density at radius 1 is 1.42 bits per heavy atom. The zero-order valence-electron chi connectivity index (χ0n) is 15.1. The predicted octanol–water partition coefficient (Wildman–Crippen LogP) is -1.49. The minimum atomic E-state index is -1.04. The number of nitrogens with one attached hydrogen (secondary N) is 1. The summed E-state index contributed by atoms with van der Waals surface area (Å²) in [4.78, 5) is 39.8. The third-order valence-corrected chi connectivity index (χ3v) is 6.93. The summed E-state index contributed by atoms with van der Waals surface area (Å²) in [6.07, 6.45) is -0.583. The molecular formula is C17H24N4O5. The van der Waals surface area contributed by atoms with Crippen molar-refractivity contribution < 1.29 is 23.9 Å². The van der Waals surface area contributed by atoms with Crippen LogP contribution in [0, 0.1) is 11.8 Å². The number of methoxy groups -OCH3 is 1. The molecule has 5 N–H and O–H groups in total. The highest BCUT2D eigenvalue weighted by molar-refractivity contribution is 6.17. The molecule has 6 atom stereocenters. The van der Waals surface area contributed by atoms with Gasteiger partial charge in [0.05, 0.1) is 35.4 Å². The summed E-state index contributed by atoms with van der Waals surface area (Å²) >= 11 is 0. The first-order valence-electron chi connectivity index (χ1n) is 8.70. The molecule has 142 valence electrons. The van der Waals surface area contributed by atoms with Crippen LogP contribution in [0.2, 0.25) is 0 Å². The standard InChI is InChI=1S/C17H24N4O5/c1-7-11(18)12(22)10-8(5-26-15(19)24)17(25-3)6-16(10,14(7)23)21(2)4-9-13(17)20-9/h8-10,13,20H,4-6,18H2,1-3H3,(H2,19,24)/t8-,9+,10+,13+,16+,17-/m1/s1. The number of ether oxygens (including phenoxy) is 2. The van der Waals surface area contributed by atoms with Gasteiger partial charge in [0, 0.05) is 37.6 Å². The van der Waals surface area contributed by atoms with Gasteiger partial charge in [0.2, 0.25) is 0 Å². The van der Waals surface area contributed by atoms with Crippen molar-refractivity contribution >= 4 is 17.7 Å². The van der Waals surface area contributed by atoms with E-state index in [9.17, 15) is 14.4 Å². The number of likely N-dealkylation sites (tertiary alicyclic amines) is 1. The Hall–Kier alpha value is -1.97. The lowest BCUT2D eigenvalue weighted by molar-refractivity contribution is -0.140. The van der Waals surface area contributed by atoms with Gasteiger partial charge in [-0.1, -0.05) is 0 Å². The monoisotopic (exact) mass is 364 g/mol. The zero-order chi connectivity index (χ0) is 19.0. The third kappa shape index (κ3) is 1.88. The summed E-state index contributed by atoms with van der Waals surface area (Å²) in [5.74, 6) is -1.70. The lowest BCUT2D eigenvalue weighted by Crippen LogP contribution is -2.62. The van der Waals surface area contributed by atoms with Crippen molar-refractivity contribution in [3.63, 3.8) is 0 Å². The molecule has 2 aliphatic carbocycles. The van der Waals surface area contributed by atoms with E-state index >= 15 is 0 Å². The van der Waals surface area contributed by atoms with Crippen molar-refractivity contribution in [1.29, 1.82) is 0 Å². The first-order chi connectivity index (χ1) is 12.2. The number of nitrogens with zero attached hydrogens (tertiary/aromatic N) is 1. The average molecular weight is 364 g/mol. The van der Waals surface area contributed by atoms with E-state index in [0.717, 1.165) is 0 Å². The van der Waals surface area contributed by atoms with Crippen LogP contribution < -0.4 is 16.8 Å². The number of allylic oxidation sites excluding steroid dienone is 1. The molecule has 0 radical (unpaired) electrons. The van der Waals surface area contributed by atoms with Crippen molar-refractivity contribution in [3.05, 3.63) is 11.3 Å². The number of ketones is 2. The van der Waals surface area contributed by atoms with Gasteiger partial charge < -0.3 is 26.3 Å². The number of fused-ring (bicyclic) bond motifs is 3. The highest BCUT2D eigenvalue weighted by Crippen LogP contribution is 2.60. The summed E-state index contributed by atoms with van der Waals surface area (Å²) in [6.45, 7) is 2.13. The summed E-state index contributed by atoms with van der Waals surface area (Å²) in [6, 6.07) is 0.131. The fourth-order valence-corrected chi connectivity index (χ4v) is 5.62. The molecule has 0 unspecified atom stereocenters. The Bertz CT molecular complexity index is 751. The van der Waals surface area contributed by atoms with Gasteiger partial charge >= 0.3 is 6.09 Å². The molecule has 0 aromatic heterocycles. The summed E-state index contributed by atoms with van der Waals surface area (Å²) in [5.41, 5.74) is 9.57. The van der Waals surface area contributed by atoms with Gasteiger partial charge in [-0.15, -0.1) is 0 Å². The Kier molecular flexibility index (Phi) is 3.54. The van der Waals surface area contributed by atoms with E-state index in [1.165, 1.54) is 0 Å². The number of nitrogens with two attached hydrogens (primary N) is 2. The molecule has 26 heavy (non-hydrogen) atoms. The molecule has 9 heteroatoms. The number of carbonyl (C=O) groups excluding carboxylic acids is 3. The van der Waals surface area contributed by atoms with Crippen molar-refractivity contribution in [2.75, 3.05) is 27.3 Å². The van der Waals surface area contributed by atoms with Crippen LogP contribution in [-0.4, -0.2) is 73.1 Å². The van der Waals surface area contributed by atoms with Crippen molar-refractivity contribution in [3.8, 4) is 0 Å². The molecule has 2 aliphatic heterocycles. The Morgan fingerprint density at radius 3 is 2.73 bits per heavy atom. The van der Waals surface area contributed by atoms with Gasteiger partial charge in [0.1, 0.15) is 0 Å². The van der Waals surface area contributed by atoms with E-state index in [4.69, 9.17) is 20.9 Å². The largest absolute Gasteiger partial charge is 0.449 e. The van der Waals surface area contributed by atoms with Crippen LogP contribution in [-0.2, 0) is 19.1 Å². The van der Waals surface area contributed by atoms with Crippen molar-refractivity contribution in [1.82, 2.24) is 10.2 Å². The molecule has 1 saturated carbocycles. The average Bonchev–Trinajstić information content (AvgIpc) is 3.30. The number of likely N-dealkylation sites (N-methyl/N-ethyl adjacent to an activating group) is 1. The maximum atomic E-state index is 13.4. The molecule has 1 spiro atoms. The normalized spacial score (nSPS) is 44.4. The number of carbonyl (C=O) groups is 3. The van der Waals surface area contributed by atoms with Crippen LogP contribution in [0.5, 0.6) is 0 Å². The van der Waals surface area contributed by atoms with Gasteiger partial charge in [0.25, 0.3) is 0 Å². The number of hydrogen-bond donors (Lipinski definition) is 3. The van der Waals surface area contributed by atoms with E-state index in [1.54, 1.807) is 14.0 Å².